The standard InChI is InChI=1S/C29H22N2O2S2/c1-33-26-8-4-6-20(28(26)32)16-30-22-10-12-25-27(15-22)35-29(31-25)34-17-18-9-11-24-21(13-18)14-19-5-2-3-7-23(19)24/h2-13,15-16,32H,14,17H2,1H3. The monoisotopic (exact) mass is 494 g/mol. The summed E-state index contributed by atoms with van der Waals surface area (Å²) in [4.78, 5) is 9.35. The molecular formula is C29H22N2O2S2. The molecular weight excluding hydrogens is 472 g/mol. The number of hydrogen-bond donors (Lipinski definition) is 1. The summed E-state index contributed by atoms with van der Waals surface area (Å²) in [5.41, 5.74) is 9.30. The Morgan fingerprint density at radius 1 is 1.00 bits per heavy atom. The van der Waals surface area contributed by atoms with Crippen molar-refractivity contribution in [1.82, 2.24) is 4.98 Å². The maximum atomic E-state index is 10.3. The van der Waals surface area contributed by atoms with Crippen LogP contribution in [-0.4, -0.2) is 23.4 Å². The van der Waals surface area contributed by atoms with Crippen molar-refractivity contribution in [2.24, 2.45) is 4.99 Å². The molecule has 0 radical (unpaired) electrons. The number of phenols is 1. The molecule has 0 unspecified atom stereocenters. The molecule has 1 aliphatic rings. The summed E-state index contributed by atoms with van der Waals surface area (Å²) < 4.78 is 7.32. The Balaban J connectivity index is 1.17. The van der Waals surface area contributed by atoms with Gasteiger partial charge in [0.1, 0.15) is 0 Å². The Bertz CT molecular complexity index is 1590. The van der Waals surface area contributed by atoms with Crippen molar-refractivity contribution < 1.29 is 9.84 Å². The lowest BCUT2D eigenvalue weighted by atomic mass is 10.0. The van der Waals surface area contributed by atoms with Crippen molar-refractivity contribution in [2.45, 2.75) is 16.5 Å². The average Bonchev–Trinajstić information content (AvgIpc) is 3.47. The molecule has 172 valence electrons. The van der Waals surface area contributed by atoms with E-state index in [0.717, 1.165) is 32.4 Å². The van der Waals surface area contributed by atoms with Crippen LogP contribution in [0.2, 0.25) is 0 Å². The first-order valence-electron chi connectivity index (χ1n) is 11.3. The van der Waals surface area contributed by atoms with Gasteiger partial charge in [-0.25, -0.2) is 4.98 Å². The van der Waals surface area contributed by atoms with E-state index in [1.54, 1.807) is 41.4 Å². The molecule has 35 heavy (non-hydrogen) atoms. The topological polar surface area (TPSA) is 54.7 Å². The van der Waals surface area contributed by atoms with Crippen LogP contribution in [0.3, 0.4) is 0 Å². The second-order valence-electron chi connectivity index (χ2n) is 8.40. The highest BCUT2D eigenvalue weighted by Crippen LogP contribution is 2.38. The minimum Gasteiger partial charge on any atom is -0.504 e. The zero-order chi connectivity index (χ0) is 23.8. The highest BCUT2D eigenvalue weighted by molar-refractivity contribution is 8.00. The third-order valence-corrected chi connectivity index (χ3v) is 8.41. The Hall–Kier alpha value is -3.61. The van der Waals surface area contributed by atoms with Gasteiger partial charge in [0.2, 0.25) is 0 Å². The summed E-state index contributed by atoms with van der Waals surface area (Å²) >= 11 is 3.46. The molecule has 1 aromatic heterocycles. The number of benzene rings is 4. The van der Waals surface area contributed by atoms with Crippen molar-refractivity contribution >= 4 is 45.2 Å². The summed E-state index contributed by atoms with van der Waals surface area (Å²) in [7, 11) is 1.53. The third kappa shape index (κ3) is 4.31. The van der Waals surface area contributed by atoms with Crippen molar-refractivity contribution in [3.63, 3.8) is 0 Å². The van der Waals surface area contributed by atoms with Gasteiger partial charge in [0, 0.05) is 17.5 Å². The Kier molecular flexibility index (Phi) is 5.76. The highest BCUT2D eigenvalue weighted by atomic mass is 32.2. The van der Waals surface area contributed by atoms with Crippen molar-refractivity contribution in [3.8, 4) is 22.6 Å². The van der Waals surface area contributed by atoms with E-state index in [4.69, 9.17) is 9.72 Å². The van der Waals surface area contributed by atoms with Crippen LogP contribution in [0.1, 0.15) is 22.3 Å². The van der Waals surface area contributed by atoms with Crippen LogP contribution in [0.15, 0.2) is 88.2 Å². The molecule has 0 bridgehead atoms. The molecule has 4 nitrogen and oxygen atoms in total. The molecule has 0 saturated heterocycles. The molecule has 0 fully saturated rings. The lowest BCUT2D eigenvalue weighted by Gasteiger charge is -2.04. The molecule has 1 aliphatic carbocycles. The van der Waals surface area contributed by atoms with Crippen molar-refractivity contribution in [1.29, 1.82) is 0 Å². The second-order valence-corrected chi connectivity index (χ2v) is 10.7. The Labute approximate surface area is 212 Å². The minimum atomic E-state index is 0.0896. The van der Waals surface area contributed by atoms with Gasteiger partial charge in [-0.15, -0.1) is 11.3 Å². The Morgan fingerprint density at radius 2 is 1.89 bits per heavy atom. The van der Waals surface area contributed by atoms with Gasteiger partial charge in [-0.3, -0.25) is 4.99 Å². The summed E-state index contributed by atoms with van der Waals surface area (Å²) in [6.45, 7) is 0. The maximum Gasteiger partial charge on any atom is 0.166 e. The number of phenolic OH excluding ortho intramolecular Hbond substituents is 1. The fourth-order valence-electron chi connectivity index (χ4n) is 4.42. The summed E-state index contributed by atoms with van der Waals surface area (Å²) in [6.07, 6.45) is 2.67. The fourth-order valence-corrected chi connectivity index (χ4v) is 6.46. The van der Waals surface area contributed by atoms with Gasteiger partial charge in [0.25, 0.3) is 0 Å². The Morgan fingerprint density at radius 3 is 2.80 bits per heavy atom. The van der Waals surface area contributed by atoms with E-state index < -0.39 is 0 Å². The van der Waals surface area contributed by atoms with Crippen LogP contribution in [0.4, 0.5) is 5.69 Å². The zero-order valence-electron chi connectivity index (χ0n) is 19.1. The van der Waals surface area contributed by atoms with Gasteiger partial charge in [0.15, 0.2) is 15.8 Å². The number of para-hydroxylation sites is 1. The second kappa shape index (κ2) is 9.21. The molecule has 5 aromatic rings. The van der Waals surface area contributed by atoms with E-state index in [2.05, 4.69) is 47.5 Å². The number of rotatable bonds is 6. The SMILES string of the molecule is COc1cccc(C=Nc2ccc3nc(SCc4ccc5c(c4)Cc4ccccc4-5)sc3c2)c1O. The number of aromatic hydroxyl groups is 1. The molecule has 1 heterocycles. The first-order chi connectivity index (χ1) is 17.2. The molecule has 6 rings (SSSR count). The average molecular weight is 495 g/mol. The smallest absolute Gasteiger partial charge is 0.166 e. The van der Waals surface area contributed by atoms with Crippen LogP contribution in [0, 0.1) is 0 Å². The summed E-state index contributed by atoms with van der Waals surface area (Å²) in [6, 6.07) is 26.9. The van der Waals surface area contributed by atoms with Crippen molar-refractivity contribution in [2.75, 3.05) is 7.11 Å². The number of aliphatic imine (C=N–C) groups is 1. The van der Waals surface area contributed by atoms with Crippen LogP contribution in [0.5, 0.6) is 11.5 Å². The quantitative estimate of drug-likeness (QED) is 0.191. The van der Waals surface area contributed by atoms with Gasteiger partial charge in [0.05, 0.1) is 23.0 Å². The molecule has 1 N–H and O–H groups in total. The molecule has 0 aliphatic heterocycles. The van der Waals surface area contributed by atoms with E-state index in [1.807, 2.05) is 24.3 Å². The maximum absolute atomic E-state index is 10.3. The fraction of sp³-hybridized carbons (Fsp3) is 0.103. The predicted octanol–water partition coefficient (Wildman–Crippen LogP) is 7.62. The van der Waals surface area contributed by atoms with Gasteiger partial charge in [-0.1, -0.05) is 60.3 Å². The molecule has 0 spiro atoms. The number of ether oxygens (including phenoxy) is 1. The van der Waals surface area contributed by atoms with Crippen LogP contribution in [-0.2, 0) is 12.2 Å². The minimum absolute atomic E-state index is 0.0896. The molecule has 0 atom stereocenters. The third-order valence-electron chi connectivity index (χ3n) is 6.18. The lowest BCUT2D eigenvalue weighted by molar-refractivity contribution is 0.373. The number of thiazole rings is 1. The van der Waals surface area contributed by atoms with E-state index >= 15 is 0 Å². The molecule has 0 saturated carbocycles. The predicted molar refractivity (Wildman–Crippen MR) is 146 cm³/mol. The van der Waals surface area contributed by atoms with Crippen LogP contribution < -0.4 is 4.74 Å². The number of hydrogen-bond acceptors (Lipinski definition) is 6. The van der Waals surface area contributed by atoms with Crippen LogP contribution >= 0.6 is 23.1 Å². The number of methoxy groups -OCH3 is 1. The summed E-state index contributed by atoms with van der Waals surface area (Å²) in [5, 5.41) is 10.3. The lowest BCUT2D eigenvalue weighted by Crippen LogP contribution is -1.88. The van der Waals surface area contributed by atoms with E-state index in [9.17, 15) is 5.11 Å². The van der Waals surface area contributed by atoms with Gasteiger partial charge in [-0.2, -0.15) is 0 Å². The van der Waals surface area contributed by atoms with Gasteiger partial charge < -0.3 is 9.84 Å². The van der Waals surface area contributed by atoms with Crippen LogP contribution in [0.25, 0.3) is 21.3 Å². The first kappa shape index (κ1) is 21.9. The normalized spacial score (nSPS) is 12.3. The van der Waals surface area contributed by atoms with E-state index in [1.165, 1.54) is 34.9 Å². The van der Waals surface area contributed by atoms with Gasteiger partial charge in [-0.05, 0) is 64.6 Å². The highest BCUT2D eigenvalue weighted by Gasteiger charge is 2.18. The zero-order valence-corrected chi connectivity index (χ0v) is 20.7. The number of aromatic nitrogens is 1. The van der Waals surface area contributed by atoms with Gasteiger partial charge >= 0.3 is 0 Å². The largest absolute Gasteiger partial charge is 0.504 e. The van der Waals surface area contributed by atoms with Crippen molar-refractivity contribution in [3.05, 3.63) is 101 Å². The number of nitrogens with zero attached hydrogens (tertiary/aromatic N) is 2. The molecule has 0 amide bonds. The van der Waals surface area contributed by atoms with E-state index in [-0.39, 0.29) is 5.75 Å². The first-order valence-corrected chi connectivity index (χ1v) is 13.1. The van der Waals surface area contributed by atoms with E-state index in [0.29, 0.717) is 11.3 Å². The summed E-state index contributed by atoms with van der Waals surface area (Å²) in [5.74, 6) is 1.41. The number of fused-ring (bicyclic) bond motifs is 4. The molecule has 6 heteroatoms. The number of thioether (sulfide) groups is 1. The molecule has 4 aromatic carbocycles.